The number of benzene rings is 1. The number of carbonyl (C=O) groups is 1. The number of hydrogen-bond acceptors (Lipinski definition) is 7. The molecule has 4 aromatic rings. The molecule has 1 aromatic carbocycles. The van der Waals surface area contributed by atoms with Crippen LogP contribution in [0.2, 0.25) is 0 Å². The van der Waals surface area contributed by atoms with E-state index in [2.05, 4.69) is 25.3 Å². The van der Waals surface area contributed by atoms with Crippen molar-refractivity contribution in [1.29, 1.82) is 0 Å². The molecule has 1 amide bonds. The van der Waals surface area contributed by atoms with Crippen LogP contribution in [0.3, 0.4) is 0 Å². The molecule has 178 valence electrons. The van der Waals surface area contributed by atoms with Crippen molar-refractivity contribution in [3.8, 4) is 22.5 Å². The van der Waals surface area contributed by atoms with Gasteiger partial charge in [0.25, 0.3) is 5.91 Å². The number of amides is 1. The number of nitrogens with zero attached hydrogens (tertiary/aromatic N) is 4. The zero-order valence-corrected chi connectivity index (χ0v) is 18.1. The molecule has 0 fully saturated rings. The fourth-order valence-electron chi connectivity index (χ4n) is 3.33. The zero-order chi connectivity index (χ0) is 25.3. The van der Waals surface area contributed by atoms with Gasteiger partial charge in [0.1, 0.15) is 17.5 Å². The summed E-state index contributed by atoms with van der Waals surface area (Å²) in [4.78, 5) is 29.5. The lowest BCUT2D eigenvalue weighted by Gasteiger charge is -2.13. The number of alkyl halides is 3. The highest BCUT2D eigenvalue weighted by molar-refractivity contribution is 6.08. The van der Waals surface area contributed by atoms with Crippen molar-refractivity contribution in [1.82, 2.24) is 19.9 Å². The van der Waals surface area contributed by atoms with Crippen molar-refractivity contribution < 1.29 is 22.4 Å². The summed E-state index contributed by atoms with van der Waals surface area (Å²) in [5.41, 5.74) is 11.2. The molecule has 35 heavy (non-hydrogen) atoms. The quantitative estimate of drug-likeness (QED) is 0.365. The third-order valence-electron chi connectivity index (χ3n) is 4.92. The molecule has 0 bridgehead atoms. The van der Waals surface area contributed by atoms with Crippen LogP contribution < -0.4 is 16.8 Å². The first-order valence-corrected chi connectivity index (χ1v) is 10.0. The maximum atomic E-state index is 14.4. The normalized spacial score (nSPS) is 11.3. The largest absolute Gasteiger partial charge is 0.416 e. The molecule has 3 heterocycles. The second-order valence-corrected chi connectivity index (χ2v) is 7.43. The number of carbonyl (C=O) groups excluding carboxylic acids is 1. The van der Waals surface area contributed by atoms with Gasteiger partial charge in [-0.2, -0.15) is 13.2 Å². The van der Waals surface area contributed by atoms with Gasteiger partial charge in [0, 0.05) is 23.4 Å². The van der Waals surface area contributed by atoms with Crippen molar-refractivity contribution in [3.63, 3.8) is 0 Å². The standard InChI is InChI=1S/C23H17F4N7O/c1-11-31-18(9-20(29)32-11)14-6-7-30-10-19(14)34-22(35)21-16(28)4-5-17(33-21)13-3-2-12(8-15(13)24)23(25,26)27/h2-10H,28H2,1H3,(H,34,35)(H2,29,31,32). The van der Waals surface area contributed by atoms with E-state index in [4.69, 9.17) is 11.5 Å². The first-order valence-electron chi connectivity index (χ1n) is 10.0. The van der Waals surface area contributed by atoms with Crippen LogP contribution in [0.25, 0.3) is 22.5 Å². The van der Waals surface area contributed by atoms with E-state index in [1.54, 1.807) is 13.0 Å². The highest BCUT2D eigenvalue weighted by Crippen LogP contribution is 2.33. The number of hydrogen-bond donors (Lipinski definition) is 3. The molecule has 0 aliphatic rings. The van der Waals surface area contributed by atoms with Gasteiger partial charge in [-0.1, -0.05) is 0 Å². The predicted octanol–water partition coefficient (Wildman–Crippen LogP) is 4.48. The number of aromatic nitrogens is 4. The lowest BCUT2D eigenvalue weighted by Crippen LogP contribution is -2.17. The molecule has 12 heteroatoms. The van der Waals surface area contributed by atoms with Crippen LogP contribution in [0.1, 0.15) is 21.9 Å². The Balaban J connectivity index is 1.68. The Morgan fingerprint density at radius 3 is 2.40 bits per heavy atom. The molecule has 0 saturated carbocycles. The summed E-state index contributed by atoms with van der Waals surface area (Å²) in [5, 5.41) is 2.64. The van der Waals surface area contributed by atoms with E-state index in [1.165, 1.54) is 30.6 Å². The van der Waals surface area contributed by atoms with Crippen LogP contribution in [0.4, 0.5) is 34.8 Å². The number of halogens is 4. The lowest BCUT2D eigenvalue weighted by molar-refractivity contribution is -0.137. The van der Waals surface area contributed by atoms with Gasteiger partial charge < -0.3 is 16.8 Å². The molecule has 5 N–H and O–H groups in total. The second kappa shape index (κ2) is 8.97. The predicted molar refractivity (Wildman–Crippen MR) is 121 cm³/mol. The fraction of sp³-hybridized carbons (Fsp3) is 0.0870. The van der Waals surface area contributed by atoms with Crippen LogP contribution in [0.15, 0.2) is 54.9 Å². The molecule has 0 aliphatic heterocycles. The summed E-state index contributed by atoms with van der Waals surface area (Å²) in [7, 11) is 0. The van der Waals surface area contributed by atoms with Crippen LogP contribution in [0, 0.1) is 12.7 Å². The average Bonchev–Trinajstić information content (AvgIpc) is 2.78. The second-order valence-electron chi connectivity index (χ2n) is 7.43. The summed E-state index contributed by atoms with van der Waals surface area (Å²) in [6, 6.07) is 7.80. The highest BCUT2D eigenvalue weighted by atomic mass is 19.4. The van der Waals surface area contributed by atoms with Gasteiger partial charge in [0.15, 0.2) is 5.69 Å². The zero-order valence-electron chi connectivity index (χ0n) is 18.1. The van der Waals surface area contributed by atoms with Crippen LogP contribution in [-0.4, -0.2) is 25.8 Å². The minimum absolute atomic E-state index is 0.0221. The van der Waals surface area contributed by atoms with E-state index in [0.717, 1.165) is 12.1 Å². The smallest absolute Gasteiger partial charge is 0.397 e. The van der Waals surface area contributed by atoms with E-state index < -0.39 is 23.5 Å². The number of anilines is 3. The van der Waals surface area contributed by atoms with Crippen molar-refractivity contribution in [2.24, 2.45) is 0 Å². The molecule has 0 aliphatic carbocycles. The van der Waals surface area contributed by atoms with Crippen molar-refractivity contribution >= 4 is 23.1 Å². The summed E-state index contributed by atoms with van der Waals surface area (Å²) in [6.45, 7) is 1.66. The minimum atomic E-state index is -4.70. The fourth-order valence-corrected chi connectivity index (χ4v) is 3.33. The van der Waals surface area contributed by atoms with E-state index in [-0.39, 0.29) is 34.1 Å². The Labute approximate surface area is 196 Å². The van der Waals surface area contributed by atoms with Crippen LogP contribution in [0.5, 0.6) is 0 Å². The monoisotopic (exact) mass is 483 g/mol. The molecule has 0 saturated heterocycles. The van der Waals surface area contributed by atoms with E-state index in [1.807, 2.05) is 0 Å². The Morgan fingerprint density at radius 1 is 0.943 bits per heavy atom. The topological polar surface area (TPSA) is 133 Å². The van der Waals surface area contributed by atoms with Gasteiger partial charge in [-0.3, -0.25) is 9.78 Å². The molecular weight excluding hydrogens is 466 g/mol. The Morgan fingerprint density at radius 2 is 1.71 bits per heavy atom. The molecule has 0 atom stereocenters. The highest BCUT2D eigenvalue weighted by Gasteiger charge is 2.31. The Kier molecular flexibility index (Phi) is 6.03. The first-order chi connectivity index (χ1) is 16.5. The van der Waals surface area contributed by atoms with Gasteiger partial charge in [0.2, 0.25) is 0 Å². The van der Waals surface area contributed by atoms with Gasteiger partial charge in [0.05, 0.1) is 34.5 Å². The van der Waals surface area contributed by atoms with Crippen molar-refractivity contribution in [2.75, 3.05) is 16.8 Å². The molecule has 0 spiro atoms. The number of nitrogens with one attached hydrogen (secondary N) is 1. The van der Waals surface area contributed by atoms with Gasteiger partial charge >= 0.3 is 6.18 Å². The summed E-state index contributed by atoms with van der Waals surface area (Å²) in [5.74, 6) is -1.23. The molecule has 3 aromatic heterocycles. The van der Waals surface area contributed by atoms with Crippen LogP contribution >= 0.6 is 0 Å². The van der Waals surface area contributed by atoms with E-state index >= 15 is 0 Å². The third kappa shape index (κ3) is 5.00. The first kappa shape index (κ1) is 23.5. The number of pyridine rings is 2. The Bertz CT molecular complexity index is 1420. The van der Waals surface area contributed by atoms with Gasteiger partial charge in [-0.25, -0.2) is 19.3 Å². The number of aryl methyl sites for hydroxylation is 1. The molecule has 8 nitrogen and oxygen atoms in total. The van der Waals surface area contributed by atoms with Gasteiger partial charge in [-0.05, 0) is 43.3 Å². The number of rotatable bonds is 4. The molecular formula is C23H17F4N7O. The van der Waals surface area contributed by atoms with E-state index in [0.29, 0.717) is 23.1 Å². The van der Waals surface area contributed by atoms with Crippen molar-refractivity contribution in [2.45, 2.75) is 13.1 Å². The maximum absolute atomic E-state index is 14.4. The molecule has 0 radical (unpaired) electrons. The maximum Gasteiger partial charge on any atom is 0.416 e. The SMILES string of the molecule is Cc1nc(N)cc(-c2ccncc2NC(=O)c2nc(-c3ccc(C(F)(F)F)cc3F)ccc2N)n1. The van der Waals surface area contributed by atoms with E-state index in [9.17, 15) is 22.4 Å². The molecule has 0 unspecified atom stereocenters. The van der Waals surface area contributed by atoms with Gasteiger partial charge in [-0.15, -0.1) is 0 Å². The summed E-state index contributed by atoms with van der Waals surface area (Å²) >= 11 is 0. The summed E-state index contributed by atoms with van der Waals surface area (Å²) < 4.78 is 53.0. The number of nitrogen functional groups attached to an aromatic ring is 2. The minimum Gasteiger partial charge on any atom is -0.397 e. The third-order valence-corrected chi connectivity index (χ3v) is 4.92. The van der Waals surface area contributed by atoms with Crippen LogP contribution in [-0.2, 0) is 6.18 Å². The Hall–Kier alpha value is -4.61. The lowest BCUT2D eigenvalue weighted by atomic mass is 10.1. The number of nitrogens with two attached hydrogens (primary N) is 2. The summed E-state index contributed by atoms with van der Waals surface area (Å²) in [6.07, 6.45) is -1.82. The molecule has 4 rings (SSSR count). The average molecular weight is 483 g/mol. The van der Waals surface area contributed by atoms with Crippen molar-refractivity contribution in [3.05, 3.63) is 77.8 Å².